The van der Waals surface area contributed by atoms with Crippen LogP contribution in [0, 0.1) is 0 Å². The molecule has 0 aliphatic heterocycles. The molecule has 138 valence electrons. The standard InChI is InChI=1S/C21H16F3NOS/c22-21(23,24)16-10-7-11-17(14-16)25-20(26)19(15-8-3-1-4-9-15)27-18-12-5-2-6-13-18/h1-14,19H,(H,25,26). The van der Waals surface area contributed by atoms with Gasteiger partial charge in [0.15, 0.2) is 0 Å². The topological polar surface area (TPSA) is 29.1 Å². The lowest BCUT2D eigenvalue weighted by atomic mass is 10.1. The van der Waals surface area contributed by atoms with Crippen molar-refractivity contribution in [1.29, 1.82) is 0 Å². The minimum atomic E-state index is -4.46. The molecule has 0 aliphatic carbocycles. The van der Waals surface area contributed by atoms with Gasteiger partial charge in [0, 0.05) is 10.6 Å². The van der Waals surface area contributed by atoms with Gasteiger partial charge >= 0.3 is 6.18 Å². The first-order chi connectivity index (χ1) is 12.9. The molecule has 3 aromatic carbocycles. The first kappa shape index (κ1) is 19.0. The molecule has 0 radical (unpaired) electrons. The summed E-state index contributed by atoms with van der Waals surface area (Å²) in [5.41, 5.74) is 0.0903. The molecule has 0 saturated carbocycles. The Labute approximate surface area is 159 Å². The van der Waals surface area contributed by atoms with Gasteiger partial charge < -0.3 is 5.32 Å². The summed E-state index contributed by atoms with van der Waals surface area (Å²) in [7, 11) is 0. The van der Waals surface area contributed by atoms with E-state index in [0.29, 0.717) is 0 Å². The fourth-order valence-corrected chi connectivity index (χ4v) is 3.56. The van der Waals surface area contributed by atoms with Crippen LogP contribution < -0.4 is 5.32 Å². The Morgan fingerprint density at radius 1 is 0.852 bits per heavy atom. The lowest BCUT2D eigenvalue weighted by molar-refractivity contribution is -0.137. The number of hydrogen-bond donors (Lipinski definition) is 1. The van der Waals surface area contributed by atoms with Crippen LogP contribution in [-0.4, -0.2) is 5.91 Å². The number of rotatable bonds is 5. The highest BCUT2D eigenvalue weighted by Gasteiger charge is 2.31. The second kappa shape index (κ2) is 8.31. The van der Waals surface area contributed by atoms with Gasteiger partial charge in [-0.15, -0.1) is 11.8 Å². The van der Waals surface area contributed by atoms with Crippen LogP contribution in [0.4, 0.5) is 18.9 Å². The van der Waals surface area contributed by atoms with Crippen molar-refractivity contribution >= 4 is 23.4 Å². The molecule has 0 aliphatic rings. The normalized spacial score (nSPS) is 12.4. The lowest BCUT2D eigenvalue weighted by Gasteiger charge is -2.17. The summed E-state index contributed by atoms with van der Waals surface area (Å²) >= 11 is 1.34. The van der Waals surface area contributed by atoms with E-state index in [-0.39, 0.29) is 11.6 Å². The van der Waals surface area contributed by atoms with Crippen LogP contribution in [0.3, 0.4) is 0 Å². The molecule has 0 heterocycles. The smallest absolute Gasteiger partial charge is 0.325 e. The molecule has 3 aromatic rings. The van der Waals surface area contributed by atoms with E-state index in [9.17, 15) is 18.0 Å². The second-order valence-electron chi connectivity index (χ2n) is 5.79. The van der Waals surface area contributed by atoms with Gasteiger partial charge in [-0.05, 0) is 35.9 Å². The van der Waals surface area contributed by atoms with Crippen LogP contribution in [0.2, 0.25) is 0 Å². The van der Waals surface area contributed by atoms with E-state index in [1.54, 1.807) is 0 Å². The molecular weight excluding hydrogens is 371 g/mol. The first-order valence-electron chi connectivity index (χ1n) is 8.18. The van der Waals surface area contributed by atoms with Gasteiger partial charge in [-0.25, -0.2) is 0 Å². The Hall–Kier alpha value is -2.73. The molecular formula is C21H16F3NOS. The molecule has 0 aromatic heterocycles. The van der Waals surface area contributed by atoms with E-state index in [1.807, 2.05) is 60.7 Å². The molecule has 1 amide bonds. The number of amides is 1. The van der Waals surface area contributed by atoms with Crippen LogP contribution in [-0.2, 0) is 11.0 Å². The van der Waals surface area contributed by atoms with Crippen LogP contribution in [0.5, 0.6) is 0 Å². The summed E-state index contributed by atoms with van der Waals surface area (Å²) in [6.45, 7) is 0. The van der Waals surface area contributed by atoms with E-state index in [0.717, 1.165) is 22.6 Å². The lowest BCUT2D eigenvalue weighted by Crippen LogP contribution is -2.19. The van der Waals surface area contributed by atoms with Crippen LogP contribution >= 0.6 is 11.8 Å². The van der Waals surface area contributed by atoms with Crippen molar-refractivity contribution < 1.29 is 18.0 Å². The maximum absolute atomic E-state index is 12.9. The zero-order valence-electron chi connectivity index (χ0n) is 14.1. The Bertz CT molecular complexity index is 898. The van der Waals surface area contributed by atoms with Crippen molar-refractivity contribution in [3.8, 4) is 0 Å². The highest BCUT2D eigenvalue weighted by molar-refractivity contribution is 8.00. The van der Waals surface area contributed by atoms with Crippen LogP contribution in [0.25, 0.3) is 0 Å². The Kier molecular flexibility index (Phi) is 5.86. The molecule has 6 heteroatoms. The van der Waals surface area contributed by atoms with Gasteiger partial charge in [-0.1, -0.05) is 54.6 Å². The Morgan fingerprint density at radius 2 is 1.48 bits per heavy atom. The summed E-state index contributed by atoms with van der Waals surface area (Å²) in [4.78, 5) is 13.8. The van der Waals surface area contributed by atoms with E-state index in [2.05, 4.69) is 5.32 Å². The first-order valence-corrected chi connectivity index (χ1v) is 9.06. The largest absolute Gasteiger partial charge is 0.416 e. The fourth-order valence-electron chi connectivity index (χ4n) is 2.52. The third-order valence-corrected chi connectivity index (χ3v) is 5.06. The third-order valence-electron chi connectivity index (χ3n) is 3.80. The van der Waals surface area contributed by atoms with Crippen molar-refractivity contribution in [3.05, 3.63) is 96.1 Å². The minimum absolute atomic E-state index is 0.115. The number of carbonyl (C=O) groups is 1. The number of nitrogens with one attached hydrogen (secondary N) is 1. The molecule has 3 rings (SSSR count). The molecule has 0 saturated heterocycles. The van der Waals surface area contributed by atoms with Crippen molar-refractivity contribution in [2.75, 3.05) is 5.32 Å². The predicted octanol–water partition coefficient (Wildman–Crippen LogP) is 6.18. The Balaban J connectivity index is 1.85. The average molecular weight is 387 g/mol. The van der Waals surface area contributed by atoms with Gasteiger partial charge in [0.25, 0.3) is 0 Å². The van der Waals surface area contributed by atoms with E-state index in [1.165, 1.54) is 23.9 Å². The van der Waals surface area contributed by atoms with Crippen molar-refractivity contribution in [2.45, 2.75) is 16.3 Å². The molecule has 1 atom stereocenters. The third kappa shape index (κ3) is 5.14. The summed E-state index contributed by atoms with van der Waals surface area (Å²) < 4.78 is 38.7. The summed E-state index contributed by atoms with van der Waals surface area (Å²) in [5.74, 6) is -0.380. The number of benzene rings is 3. The molecule has 0 spiro atoms. The number of thioether (sulfide) groups is 1. The predicted molar refractivity (Wildman–Crippen MR) is 102 cm³/mol. The number of halogens is 3. The number of hydrogen-bond acceptors (Lipinski definition) is 2. The summed E-state index contributed by atoms with van der Waals surface area (Å²) in [5, 5.41) is 2.02. The number of anilines is 1. The maximum Gasteiger partial charge on any atom is 0.416 e. The van der Waals surface area contributed by atoms with Gasteiger partial charge in [0.1, 0.15) is 5.25 Å². The van der Waals surface area contributed by atoms with Gasteiger partial charge in [0.2, 0.25) is 5.91 Å². The monoisotopic (exact) mass is 387 g/mol. The molecule has 27 heavy (non-hydrogen) atoms. The minimum Gasteiger partial charge on any atom is -0.325 e. The number of alkyl halides is 3. The fraction of sp³-hybridized carbons (Fsp3) is 0.0952. The maximum atomic E-state index is 12.9. The van der Waals surface area contributed by atoms with Gasteiger partial charge in [0.05, 0.1) is 5.56 Å². The molecule has 2 nitrogen and oxygen atoms in total. The van der Waals surface area contributed by atoms with E-state index >= 15 is 0 Å². The zero-order valence-corrected chi connectivity index (χ0v) is 14.9. The highest BCUT2D eigenvalue weighted by Crippen LogP contribution is 2.36. The number of carbonyl (C=O) groups excluding carboxylic acids is 1. The van der Waals surface area contributed by atoms with Crippen LogP contribution in [0.15, 0.2) is 89.8 Å². The SMILES string of the molecule is O=C(Nc1cccc(C(F)(F)F)c1)C(Sc1ccccc1)c1ccccc1. The van der Waals surface area contributed by atoms with Crippen molar-refractivity contribution in [1.82, 2.24) is 0 Å². The molecule has 1 unspecified atom stereocenters. The summed E-state index contributed by atoms with van der Waals surface area (Å²) in [6.07, 6.45) is -4.46. The Morgan fingerprint density at radius 3 is 2.11 bits per heavy atom. The summed E-state index contributed by atoms with van der Waals surface area (Å²) in [6, 6.07) is 23.2. The second-order valence-corrected chi connectivity index (χ2v) is 6.97. The van der Waals surface area contributed by atoms with Crippen molar-refractivity contribution in [2.24, 2.45) is 0 Å². The van der Waals surface area contributed by atoms with Gasteiger partial charge in [-0.2, -0.15) is 13.2 Å². The van der Waals surface area contributed by atoms with E-state index in [4.69, 9.17) is 0 Å². The highest BCUT2D eigenvalue weighted by atomic mass is 32.2. The molecule has 1 N–H and O–H groups in total. The van der Waals surface area contributed by atoms with Crippen molar-refractivity contribution in [3.63, 3.8) is 0 Å². The van der Waals surface area contributed by atoms with Crippen LogP contribution in [0.1, 0.15) is 16.4 Å². The molecule has 0 fully saturated rings. The average Bonchev–Trinajstić information content (AvgIpc) is 2.67. The van der Waals surface area contributed by atoms with Gasteiger partial charge in [-0.3, -0.25) is 4.79 Å². The zero-order chi connectivity index (χ0) is 19.3. The quantitative estimate of drug-likeness (QED) is 0.530. The van der Waals surface area contributed by atoms with E-state index < -0.39 is 17.0 Å². The molecule has 0 bridgehead atoms.